The van der Waals surface area contributed by atoms with Crippen LogP contribution in [0, 0.1) is 0 Å². The van der Waals surface area contributed by atoms with Crippen molar-refractivity contribution in [1.29, 1.82) is 0 Å². The molecule has 2 nitrogen and oxygen atoms in total. The summed E-state index contributed by atoms with van der Waals surface area (Å²) in [5.41, 5.74) is 6.02. The molecule has 3 rings (SSSR count). The van der Waals surface area contributed by atoms with Crippen LogP contribution < -0.4 is 0 Å². The number of nitrogens with zero attached hydrogens (tertiary/aromatic N) is 2. The summed E-state index contributed by atoms with van der Waals surface area (Å²) >= 11 is 0. The SMILES string of the molecule is CCN(CC)CCCn1c(-c2ccccc2)cc2c1CCCCC2. The number of fused-ring (bicyclic) bond motifs is 1. The average Bonchev–Trinajstić information content (AvgIpc) is 2.80. The van der Waals surface area contributed by atoms with Crippen molar-refractivity contribution in [1.82, 2.24) is 9.47 Å². The predicted octanol–water partition coefficient (Wildman–Crippen LogP) is 5.16. The standard InChI is InChI=1S/C22H32N2/c1-3-23(4-2)16-11-17-24-21-15-10-6-9-14-20(21)18-22(24)19-12-7-5-8-13-19/h5,7-8,12-13,18H,3-4,6,9-11,14-17H2,1-2H3. The number of benzene rings is 1. The van der Waals surface area contributed by atoms with E-state index in [9.17, 15) is 0 Å². The van der Waals surface area contributed by atoms with Gasteiger partial charge in [-0.2, -0.15) is 0 Å². The summed E-state index contributed by atoms with van der Waals surface area (Å²) in [6.07, 6.45) is 7.84. The second-order valence-electron chi connectivity index (χ2n) is 6.96. The third-order valence-electron chi connectivity index (χ3n) is 5.48. The number of hydrogen-bond donors (Lipinski definition) is 0. The molecule has 1 aliphatic rings. The van der Waals surface area contributed by atoms with Crippen molar-refractivity contribution in [2.45, 2.75) is 58.9 Å². The van der Waals surface area contributed by atoms with Crippen molar-refractivity contribution in [3.05, 3.63) is 47.7 Å². The van der Waals surface area contributed by atoms with Crippen LogP contribution in [0.25, 0.3) is 11.3 Å². The Kier molecular flexibility index (Phi) is 6.14. The highest BCUT2D eigenvalue weighted by Gasteiger charge is 2.18. The molecule has 1 aromatic heterocycles. The lowest BCUT2D eigenvalue weighted by Crippen LogP contribution is -2.25. The minimum Gasteiger partial charge on any atom is -0.344 e. The van der Waals surface area contributed by atoms with E-state index in [2.05, 4.69) is 59.7 Å². The first-order chi connectivity index (χ1) is 11.8. The number of rotatable bonds is 7. The van der Waals surface area contributed by atoms with Crippen LogP contribution in [0.3, 0.4) is 0 Å². The predicted molar refractivity (Wildman–Crippen MR) is 104 cm³/mol. The number of aryl methyl sites for hydroxylation is 1. The lowest BCUT2D eigenvalue weighted by atomic mass is 10.1. The number of hydrogen-bond acceptors (Lipinski definition) is 1. The van der Waals surface area contributed by atoms with Gasteiger partial charge < -0.3 is 9.47 Å². The molecule has 0 radical (unpaired) electrons. The Labute approximate surface area is 147 Å². The van der Waals surface area contributed by atoms with Crippen LogP contribution in [0.1, 0.15) is 50.8 Å². The Hall–Kier alpha value is -1.54. The monoisotopic (exact) mass is 324 g/mol. The molecular formula is C22H32N2. The largest absolute Gasteiger partial charge is 0.344 e. The molecule has 2 aromatic rings. The van der Waals surface area contributed by atoms with E-state index >= 15 is 0 Å². The smallest absolute Gasteiger partial charge is 0.0485 e. The molecule has 0 spiro atoms. The van der Waals surface area contributed by atoms with Gasteiger partial charge in [0.25, 0.3) is 0 Å². The molecule has 24 heavy (non-hydrogen) atoms. The van der Waals surface area contributed by atoms with Crippen molar-refractivity contribution in [3.63, 3.8) is 0 Å². The molecule has 0 unspecified atom stereocenters. The summed E-state index contributed by atoms with van der Waals surface area (Å²) in [6.45, 7) is 9.20. The summed E-state index contributed by atoms with van der Waals surface area (Å²) < 4.78 is 2.64. The maximum atomic E-state index is 2.64. The zero-order chi connectivity index (χ0) is 16.8. The van der Waals surface area contributed by atoms with Gasteiger partial charge >= 0.3 is 0 Å². The first kappa shape index (κ1) is 17.3. The van der Waals surface area contributed by atoms with Crippen LogP contribution in [-0.2, 0) is 19.4 Å². The lowest BCUT2D eigenvalue weighted by molar-refractivity contribution is 0.293. The van der Waals surface area contributed by atoms with Gasteiger partial charge in [-0.05, 0) is 68.9 Å². The van der Waals surface area contributed by atoms with E-state index in [0.29, 0.717) is 0 Å². The quantitative estimate of drug-likeness (QED) is 0.639. The van der Waals surface area contributed by atoms with Crippen LogP contribution >= 0.6 is 0 Å². The summed E-state index contributed by atoms with van der Waals surface area (Å²) in [6, 6.07) is 13.4. The van der Waals surface area contributed by atoms with Gasteiger partial charge in [0.15, 0.2) is 0 Å². The summed E-state index contributed by atoms with van der Waals surface area (Å²) in [5, 5.41) is 0. The van der Waals surface area contributed by atoms with E-state index in [1.165, 1.54) is 56.3 Å². The first-order valence-corrected chi connectivity index (χ1v) is 9.82. The molecule has 0 amide bonds. The molecule has 130 valence electrons. The fourth-order valence-corrected chi connectivity index (χ4v) is 4.04. The van der Waals surface area contributed by atoms with Crippen molar-refractivity contribution < 1.29 is 0 Å². The average molecular weight is 325 g/mol. The van der Waals surface area contributed by atoms with E-state index in [1.54, 1.807) is 11.3 Å². The summed E-state index contributed by atoms with van der Waals surface area (Å²) in [7, 11) is 0. The zero-order valence-corrected chi connectivity index (χ0v) is 15.4. The van der Waals surface area contributed by atoms with Crippen molar-refractivity contribution in [2.75, 3.05) is 19.6 Å². The van der Waals surface area contributed by atoms with E-state index in [4.69, 9.17) is 0 Å². The molecule has 0 saturated heterocycles. The molecule has 1 heterocycles. The van der Waals surface area contributed by atoms with Gasteiger partial charge in [-0.3, -0.25) is 0 Å². The fourth-order valence-electron chi connectivity index (χ4n) is 4.04. The lowest BCUT2D eigenvalue weighted by Gasteiger charge is -2.20. The first-order valence-electron chi connectivity index (χ1n) is 9.82. The van der Waals surface area contributed by atoms with Gasteiger partial charge in [-0.25, -0.2) is 0 Å². The van der Waals surface area contributed by atoms with Crippen molar-refractivity contribution in [2.24, 2.45) is 0 Å². The van der Waals surface area contributed by atoms with Crippen LogP contribution in [0.4, 0.5) is 0 Å². The Morgan fingerprint density at radius 2 is 1.71 bits per heavy atom. The van der Waals surface area contributed by atoms with Crippen LogP contribution in [0.2, 0.25) is 0 Å². The van der Waals surface area contributed by atoms with Gasteiger partial charge in [0.05, 0.1) is 0 Å². The summed E-state index contributed by atoms with van der Waals surface area (Å²) in [4.78, 5) is 2.53. The van der Waals surface area contributed by atoms with Crippen molar-refractivity contribution >= 4 is 0 Å². The molecule has 2 heteroatoms. The van der Waals surface area contributed by atoms with Crippen LogP contribution in [0.5, 0.6) is 0 Å². The third-order valence-corrected chi connectivity index (χ3v) is 5.48. The molecule has 0 bridgehead atoms. The third kappa shape index (κ3) is 3.92. The van der Waals surface area contributed by atoms with Crippen molar-refractivity contribution in [3.8, 4) is 11.3 Å². The zero-order valence-electron chi connectivity index (χ0n) is 15.4. The minimum atomic E-state index is 1.15. The Bertz CT molecular complexity index is 623. The van der Waals surface area contributed by atoms with E-state index < -0.39 is 0 Å². The second-order valence-corrected chi connectivity index (χ2v) is 6.96. The molecule has 0 aliphatic heterocycles. The van der Waals surface area contributed by atoms with E-state index in [0.717, 1.165) is 19.6 Å². The maximum absolute atomic E-state index is 2.64. The normalized spacial score (nSPS) is 14.6. The molecule has 0 atom stereocenters. The van der Waals surface area contributed by atoms with Crippen LogP contribution in [-0.4, -0.2) is 29.1 Å². The van der Waals surface area contributed by atoms with Gasteiger partial charge in [0.2, 0.25) is 0 Å². The van der Waals surface area contributed by atoms with Gasteiger partial charge in [0.1, 0.15) is 0 Å². The molecule has 0 N–H and O–H groups in total. The topological polar surface area (TPSA) is 8.17 Å². The van der Waals surface area contributed by atoms with Gasteiger partial charge in [0, 0.05) is 17.9 Å². The molecule has 1 aromatic carbocycles. The molecule has 0 fully saturated rings. The molecule has 0 saturated carbocycles. The van der Waals surface area contributed by atoms with Gasteiger partial charge in [-0.1, -0.05) is 50.6 Å². The highest BCUT2D eigenvalue weighted by Crippen LogP contribution is 2.30. The summed E-state index contributed by atoms with van der Waals surface area (Å²) in [5.74, 6) is 0. The van der Waals surface area contributed by atoms with E-state index in [1.807, 2.05) is 0 Å². The Morgan fingerprint density at radius 3 is 2.46 bits per heavy atom. The minimum absolute atomic E-state index is 1.15. The van der Waals surface area contributed by atoms with Gasteiger partial charge in [-0.15, -0.1) is 0 Å². The van der Waals surface area contributed by atoms with E-state index in [-0.39, 0.29) is 0 Å². The maximum Gasteiger partial charge on any atom is 0.0485 e. The molecular weight excluding hydrogens is 292 g/mol. The molecule has 1 aliphatic carbocycles. The highest BCUT2D eigenvalue weighted by molar-refractivity contribution is 5.62. The Balaban J connectivity index is 1.85. The van der Waals surface area contributed by atoms with Crippen LogP contribution in [0.15, 0.2) is 36.4 Å². The highest BCUT2D eigenvalue weighted by atomic mass is 15.1. The fraction of sp³-hybridized carbons (Fsp3) is 0.545. The number of aromatic nitrogens is 1. The second kappa shape index (κ2) is 8.53. The Morgan fingerprint density at radius 1 is 0.958 bits per heavy atom.